The van der Waals surface area contributed by atoms with Crippen LogP contribution in [0.15, 0.2) is 34.9 Å². The van der Waals surface area contributed by atoms with Crippen molar-refractivity contribution < 1.29 is 4.42 Å². The van der Waals surface area contributed by atoms with Gasteiger partial charge in [-0.05, 0) is 31.2 Å². The van der Waals surface area contributed by atoms with E-state index in [0.29, 0.717) is 28.5 Å². The molecule has 17 heavy (non-hydrogen) atoms. The Hall–Kier alpha value is -2.43. The maximum absolute atomic E-state index is 5.57. The molecule has 0 fully saturated rings. The van der Waals surface area contributed by atoms with Crippen LogP contribution in [0.25, 0.3) is 22.8 Å². The molecule has 0 spiro atoms. The number of aromatic nitrogens is 3. The zero-order chi connectivity index (χ0) is 11.8. The van der Waals surface area contributed by atoms with E-state index < -0.39 is 0 Å². The number of hydrogen-bond acceptors (Lipinski definition) is 5. The maximum atomic E-state index is 5.57. The number of fused-ring (bicyclic) bond motifs is 1. The van der Waals surface area contributed by atoms with Gasteiger partial charge in [0, 0.05) is 5.69 Å². The Balaban J connectivity index is 2.14. The molecule has 0 amide bonds. The average Bonchev–Trinajstić information content (AvgIpc) is 2.72. The highest BCUT2D eigenvalue weighted by Crippen LogP contribution is 2.22. The highest BCUT2D eigenvalue weighted by molar-refractivity contribution is 5.71. The van der Waals surface area contributed by atoms with Gasteiger partial charge in [-0.1, -0.05) is 0 Å². The molecule has 0 atom stereocenters. The normalized spacial score (nSPS) is 10.9. The van der Waals surface area contributed by atoms with Crippen LogP contribution < -0.4 is 5.73 Å². The van der Waals surface area contributed by atoms with Crippen molar-refractivity contribution in [1.29, 1.82) is 0 Å². The van der Waals surface area contributed by atoms with Crippen molar-refractivity contribution in [1.82, 2.24) is 15.0 Å². The predicted octanol–water partition coefficient (Wildman–Crippen LogP) is 2.18. The molecule has 0 aliphatic carbocycles. The molecule has 5 heteroatoms. The number of hydrogen-bond donors (Lipinski definition) is 1. The zero-order valence-electron chi connectivity index (χ0n) is 9.21. The summed E-state index contributed by atoms with van der Waals surface area (Å²) in [5.41, 5.74) is 8.99. The molecule has 0 radical (unpaired) electrons. The number of nitrogens with two attached hydrogens (primary N) is 1. The molecule has 0 saturated carbocycles. The molecule has 3 aromatic heterocycles. The van der Waals surface area contributed by atoms with Crippen LogP contribution in [0.5, 0.6) is 0 Å². The summed E-state index contributed by atoms with van der Waals surface area (Å²) in [5.74, 6) is 0.457. The number of anilines is 1. The highest BCUT2D eigenvalue weighted by atomic mass is 16.3. The SMILES string of the molecule is Cc1ccc2oc(-c3ccc(N)cn3)nc2n1. The van der Waals surface area contributed by atoms with Gasteiger partial charge in [0.2, 0.25) is 5.89 Å². The lowest BCUT2D eigenvalue weighted by Gasteiger charge is -1.94. The summed E-state index contributed by atoms with van der Waals surface area (Å²) < 4.78 is 5.57. The van der Waals surface area contributed by atoms with E-state index in [0.717, 1.165) is 5.69 Å². The topological polar surface area (TPSA) is 77.8 Å². The first kappa shape index (κ1) is 9.77. The third-order valence-electron chi connectivity index (χ3n) is 2.40. The fourth-order valence-electron chi connectivity index (χ4n) is 1.55. The molecular formula is C12H10N4O. The van der Waals surface area contributed by atoms with E-state index in [1.165, 1.54) is 0 Å². The van der Waals surface area contributed by atoms with Gasteiger partial charge >= 0.3 is 0 Å². The third-order valence-corrected chi connectivity index (χ3v) is 2.40. The van der Waals surface area contributed by atoms with Crippen molar-refractivity contribution in [2.75, 3.05) is 5.73 Å². The molecule has 0 saturated heterocycles. The number of rotatable bonds is 1. The van der Waals surface area contributed by atoms with Gasteiger partial charge < -0.3 is 10.2 Å². The molecule has 5 nitrogen and oxygen atoms in total. The van der Waals surface area contributed by atoms with Crippen molar-refractivity contribution in [3.05, 3.63) is 36.2 Å². The standard InChI is InChI=1S/C12H10N4O/c1-7-2-5-10-11(15-7)16-12(17-10)9-4-3-8(13)6-14-9/h2-6H,13H2,1H3. The van der Waals surface area contributed by atoms with Crippen molar-refractivity contribution in [3.63, 3.8) is 0 Å². The molecule has 0 aromatic carbocycles. The summed E-state index contributed by atoms with van der Waals surface area (Å²) in [7, 11) is 0. The minimum Gasteiger partial charge on any atom is -0.433 e. The number of pyridine rings is 2. The van der Waals surface area contributed by atoms with Crippen molar-refractivity contribution in [2.24, 2.45) is 0 Å². The van der Waals surface area contributed by atoms with Gasteiger partial charge in [0.25, 0.3) is 0 Å². The Morgan fingerprint density at radius 2 is 2.00 bits per heavy atom. The lowest BCUT2D eigenvalue weighted by Crippen LogP contribution is -1.88. The fourth-order valence-corrected chi connectivity index (χ4v) is 1.55. The molecule has 3 aromatic rings. The summed E-state index contributed by atoms with van der Waals surface area (Å²) in [6, 6.07) is 7.27. The molecule has 3 rings (SSSR count). The van der Waals surface area contributed by atoms with Crippen LogP contribution in [0.3, 0.4) is 0 Å². The Labute approximate surface area is 97.3 Å². The largest absolute Gasteiger partial charge is 0.433 e. The zero-order valence-corrected chi connectivity index (χ0v) is 9.21. The van der Waals surface area contributed by atoms with Crippen molar-refractivity contribution >= 4 is 16.9 Å². The highest BCUT2D eigenvalue weighted by Gasteiger charge is 2.09. The minimum absolute atomic E-state index is 0.457. The van der Waals surface area contributed by atoms with Gasteiger partial charge in [0.15, 0.2) is 11.2 Å². The van der Waals surface area contributed by atoms with E-state index in [-0.39, 0.29) is 0 Å². The molecule has 0 unspecified atom stereocenters. The number of nitrogens with zero attached hydrogens (tertiary/aromatic N) is 3. The average molecular weight is 226 g/mol. The van der Waals surface area contributed by atoms with E-state index in [2.05, 4.69) is 15.0 Å². The fraction of sp³-hybridized carbons (Fsp3) is 0.0833. The van der Waals surface area contributed by atoms with Crippen LogP contribution in [0, 0.1) is 6.92 Å². The van der Waals surface area contributed by atoms with E-state index in [1.54, 1.807) is 18.3 Å². The molecule has 0 aliphatic rings. The second-order valence-corrected chi connectivity index (χ2v) is 3.77. The monoisotopic (exact) mass is 226 g/mol. The predicted molar refractivity (Wildman–Crippen MR) is 64.2 cm³/mol. The molecule has 84 valence electrons. The molecule has 0 bridgehead atoms. The molecule has 2 N–H and O–H groups in total. The summed E-state index contributed by atoms with van der Waals surface area (Å²) >= 11 is 0. The molecule has 0 aliphatic heterocycles. The second-order valence-electron chi connectivity index (χ2n) is 3.77. The Morgan fingerprint density at radius 3 is 2.76 bits per heavy atom. The summed E-state index contributed by atoms with van der Waals surface area (Å²) in [6.07, 6.45) is 1.57. The Bertz CT molecular complexity index is 673. The van der Waals surface area contributed by atoms with Gasteiger partial charge in [-0.15, -0.1) is 0 Å². The first-order valence-electron chi connectivity index (χ1n) is 5.18. The van der Waals surface area contributed by atoms with E-state index >= 15 is 0 Å². The number of oxazole rings is 1. The van der Waals surface area contributed by atoms with Crippen molar-refractivity contribution in [3.8, 4) is 11.6 Å². The van der Waals surface area contributed by atoms with E-state index in [1.807, 2.05) is 19.1 Å². The smallest absolute Gasteiger partial charge is 0.247 e. The lowest BCUT2D eigenvalue weighted by molar-refractivity contribution is 0.616. The van der Waals surface area contributed by atoms with E-state index in [9.17, 15) is 0 Å². The van der Waals surface area contributed by atoms with Gasteiger partial charge in [0.05, 0.1) is 11.9 Å². The summed E-state index contributed by atoms with van der Waals surface area (Å²) in [4.78, 5) is 12.7. The summed E-state index contributed by atoms with van der Waals surface area (Å²) in [6.45, 7) is 1.91. The third kappa shape index (κ3) is 1.71. The van der Waals surface area contributed by atoms with Crippen LogP contribution >= 0.6 is 0 Å². The second kappa shape index (κ2) is 3.55. The number of aryl methyl sites for hydroxylation is 1. The van der Waals surface area contributed by atoms with Crippen LogP contribution in [0.4, 0.5) is 5.69 Å². The van der Waals surface area contributed by atoms with Gasteiger partial charge in [-0.25, -0.2) is 9.97 Å². The number of nitrogen functional groups attached to an aromatic ring is 1. The van der Waals surface area contributed by atoms with Gasteiger partial charge in [-0.3, -0.25) is 0 Å². The first-order valence-corrected chi connectivity index (χ1v) is 5.18. The maximum Gasteiger partial charge on any atom is 0.247 e. The first-order chi connectivity index (χ1) is 8.22. The van der Waals surface area contributed by atoms with Gasteiger partial charge in [0.1, 0.15) is 5.69 Å². The molecule has 3 heterocycles. The van der Waals surface area contributed by atoms with Crippen LogP contribution in [-0.2, 0) is 0 Å². The Morgan fingerprint density at radius 1 is 1.12 bits per heavy atom. The van der Waals surface area contributed by atoms with Crippen molar-refractivity contribution in [2.45, 2.75) is 6.92 Å². The Kier molecular flexibility index (Phi) is 2.04. The van der Waals surface area contributed by atoms with Gasteiger partial charge in [-0.2, -0.15) is 4.98 Å². The summed E-state index contributed by atoms with van der Waals surface area (Å²) in [5, 5.41) is 0. The lowest BCUT2D eigenvalue weighted by atomic mass is 10.3. The minimum atomic E-state index is 0.457. The quantitative estimate of drug-likeness (QED) is 0.688. The van der Waals surface area contributed by atoms with Crippen LogP contribution in [0.1, 0.15) is 5.69 Å². The van der Waals surface area contributed by atoms with E-state index in [4.69, 9.17) is 10.2 Å². The van der Waals surface area contributed by atoms with Crippen LogP contribution in [0.2, 0.25) is 0 Å². The molecular weight excluding hydrogens is 216 g/mol. The van der Waals surface area contributed by atoms with Crippen LogP contribution in [-0.4, -0.2) is 15.0 Å².